The first-order valence-corrected chi connectivity index (χ1v) is 5.71. The number of hydrazine groups is 1. The van der Waals surface area contributed by atoms with Crippen molar-refractivity contribution in [3.05, 3.63) is 28.5 Å². The number of amides is 1. The van der Waals surface area contributed by atoms with Gasteiger partial charge in [0.15, 0.2) is 11.6 Å². The van der Waals surface area contributed by atoms with Gasteiger partial charge in [0.05, 0.1) is 5.02 Å². The molecule has 2 N–H and O–H groups in total. The number of hydrogen-bond donors (Lipinski definition) is 2. The van der Waals surface area contributed by atoms with Crippen molar-refractivity contribution < 1.29 is 14.3 Å². The van der Waals surface area contributed by atoms with E-state index in [4.69, 9.17) is 11.6 Å². The van der Waals surface area contributed by atoms with E-state index in [1.54, 1.807) is 0 Å². The number of nitrogens with zero attached hydrogens (tertiary/aromatic N) is 1. The lowest BCUT2D eigenvalue weighted by molar-refractivity contribution is 0.0610. The molecule has 0 aromatic heterocycles. The van der Waals surface area contributed by atoms with E-state index in [1.165, 1.54) is 11.1 Å². The summed E-state index contributed by atoms with van der Waals surface area (Å²) in [6.45, 7) is 1.30. The van der Waals surface area contributed by atoms with Gasteiger partial charge in [-0.15, -0.1) is 0 Å². The molecule has 6 heteroatoms. The highest BCUT2D eigenvalue weighted by Crippen LogP contribution is 2.28. The van der Waals surface area contributed by atoms with Crippen LogP contribution in [0.4, 0.5) is 4.39 Å². The summed E-state index contributed by atoms with van der Waals surface area (Å²) in [5, 5.41) is 10.4. The summed E-state index contributed by atoms with van der Waals surface area (Å²) < 4.78 is 13.2. The zero-order valence-electron chi connectivity index (χ0n) is 9.04. The van der Waals surface area contributed by atoms with Crippen LogP contribution in [-0.2, 0) is 0 Å². The molecular formula is C11H12ClFN2O2. The smallest absolute Gasteiger partial charge is 0.268 e. The van der Waals surface area contributed by atoms with Crippen molar-refractivity contribution in [2.24, 2.45) is 0 Å². The molecule has 0 saturated carbocycles. The maximum absolute atomic E-state index is 13.2. The third-order valence-corrected chi connectivity index (χ3v) is 2.91. The molecule has 17 heavy (non-hydrogen) atoms. The fourth-order valence-corrected chi connectivity index (χ4v) is 1.91. The molecule has 92 valence electrons. The normalized spacial score (nSPS) is 16.0. The lowest BCUT2D eigenvalue weighted by atomic mass is 10.1. The van der Waals surface area contributed by atoms with E-state index < -0.39 is 11.6 Å². The van der Waals surface area contributed by atoms with Gasteiger partial charge in [0.25, 0.3) is 5.91 Å². The van der Waals surface area contributed by atoms with E-state index in [2.05, 4.69) is 5.43 Å². The number of rotatable bonds is 1. The highest BCUT2D eigenvalue weighted by Gasteiger charge is 2.20. The Hall–Kier alpha value is -1.33. The van der Waals surface area contributed by atoms with Crippen molar-refractivity contribution in [3.63, 3.8) is 0 Å². The van der Waals surface area contributed by atoms with Crippen molar-refractivity contribution >= 4 is 17.5 Å². The maximum atomic E-state index is 13.2. The third kappa shape index (κ3) is 2.50. The summed E-state index contributed by atoms with van der Waals surface area (Å²) in [5.74, 6) is -1.86. The number of halogens is 2. The van der Waals surface area contributed by atoms with Crippen LogP contribution in [0, 0.1) is 5.82 Å². The van der Waals surface area contributed by atoms with E-state index in [0.717, 1.165) is 25.5 Å². The zero-order chi connectivity index (χ0) is 12.4. The number of carbonyl (C=O) groups excluding carboxylic acids is 1. The molecule has 1 aliphatic rings. The van der Waals surface area contributed by atoms with Gasteiger partial charge in [-0.3, -0.25) is 9.80 Å². The first-order chi connectivity index (χ1) is 8.09. The SMILES string of the molecule is O=C(c1cc(F)c(O)c(Cl)c1)N1CCCCN1. The van der Waals surface area contributed by atoms with Crippen molar-refractivity contribution in [2.45, 2.75) is 12.8 Å². The largest absolute Gasteiger partial charge is 0.504 e. The quantitative estimate of drug-likeness (QED) is 0.809. The molecule has 1 saturated heterocycles. The highest BCUT2D eigenvalue weighted by atomic mass is 35.5. The van der Waals surface area contributed by atoms with Gasteiger partial charge in [-0.1, -0.05) is 11.6 Å². The fraction of sp³-hybridized carbons (Fsp3) is 0.364. The Kier molecular flexibility index (Phi) is 3.49. The van der Waals surface area contributed by atoms with Gasteiger partial charge in [0, 0.05) is 18.7 Å². The van der Waals surface area contributed by atoms with Crippen LogP contribution in [0.25, 0.3) is 0 Å². The van der Waals surface area contributed by atoms with Crippen LogP contribution in [0.2, 0.25) is 5.02 Å². The first-order valence-electron chi connectivity index (χ1n) is 5.33. The lowest BCUT2D eigenvalue weighted by Gasteiger charge is -2.27. The first kappa shape index (κ1) is 12.1. The Labute approximate surface area is 103 Å². The summed E-state index contributed by atoms with van der Waals surface area (Å²) in [5.41, 5.74) is 3.05. The predicted molar refractivity (Wildman–Crippen MR) is 61.3 cm³/mol. The standard InChI is InChI=1S/C11H12ClFN2O2/c12-8-5-7(6-9(13)10(8)16)11(17)15-4-2-1-3-14-15/h5-6,14,16H,1-4H2. The Morgan fingerprint density at radius 1 is 1.47 bits per heavy atom. The summed E-state index contributed by atoms with van der Waals surface area (Å²) in [4.78, 5) is 12.0. The van der Waals surface area contributed by atoms with Crippen LogP contribution >= 0.6 is 11.6 Å². The molecule has 1 fully saturated rings. The molecule has 0 unspecified atom stereocenters. The second-order valence-electron chi connectivity index (χ2n) is 3.86. The Balaban J connectivity index is 2.24. The van der Waals surface area contributed by atoms with E-state index in [-0.39, 0.29) is 16.5 Å². The third-order valence-electron chi connectivity index (χ3n) is 2.62. The molecule has 4 nitrogen and oxygen atoms in total. The minimum atomic E-state index is -0.891. The van der Waals surface area contributed by atoms with Gasteiger partial charge in [-0.25, -0.2) is 9.82 Å². The van der Waals surface area contributed by atoms with Crippen molar-refractivity contribution in [2.75, 3.05) is 13.1 Å². The number of benzene rings is 1. The Morgan fingerprint density at radius 2 is 2.24 bits per heavy atom. The molecule has 1 aromatic carbocycles. The van der Waals surface area contributed by atoms with Gasteiger partial charge >= 0.3 is 0 Å². The molecule has 1 heterocycles. The monoisotopic (exact) mass is 258 g/mol. The summed E-state index contributed by atoms with van der Waals surface area (Å²) in [6, 6.07) is 2.25. The Morgan fingerprint density at radius 3 is 2.82 bits per heavy atom. The molecule has 0 bridgehead atoms. The predicted octanol–water partition coefficient (Wildman–Crippen LogP) is 1.93. The van der Waals surface area contributed by atoms with Gasteiger partial charge in [-0.2, -0.15) is 0 Å². The number of nitrogens with one attached hydrogen (secondary N) is 1. The second-order valence-corrected chi connectivity index (χ2v) is 4.27. The molecule has 0 spiro atoms. The number of phenols is 1. The second kappa shape index (κ2) is 4.89. The molecule has 0 radical (unpaired) electrons. The topological polar surface area (TPSA) is 52.6 Å². The summed E-state index contributed by atoms with van der Waals surface area (Å²) in [7, 11) is 0. The van der Waals surface area contributed by atoms with Gasteiger partial charge < -0.3 is 5.11 Å². The number of carbonyl (C=O) groups is 1. The van der Waals surface area contributed by atoms with Crippen LogP contribution in [0.5, 0.6) is 5.75 Å². The minimum absolute atomic E-state index is 0.125. The summed E-state index contributed by atoms with van der Waals surface area (Å²) in [6.07, 6.45) is 1.92. The van der Waals surface area contributed by atoms with E-state index in [9.17, 15) is 14.3 Å². The molecular weight excluding hydrogens is 247 g/mol. The van der Waals surface area contributed by atoms with E-state index >= 15 is 0 Å². The lowest BCUT2D eigenvalue weighted by Crippen LogP contribution is -2.47. The van der Waals surface area contributed by atoms with Gasteiger partial charge in [0.1, 0.15) is 0 Å². The van der Waals surface area contributed by atoms with E-state index in [1.807, 2.05) is 0 Å². The number of hydrogen-bond acceptors (Lipinski definition) is 3. The van der Waals surface area contributed by atoms with Crippen LogP contribution in [0.15, 0.2) is 12.1 Å². The van der Waals surface area contributed by atoms with Crippen molar-refractivity contribution in [3.8, 4) is 5.75 Å². The molecule has 1 aromatic rings. The van der Waals surface area contributed by atoms with Crippen LogP contribution in [0.3, 0.4) is 0 Å². The molecule has 1 amide bonds. The summed E-state index contributed by atoms with van der Waals surface area (Å²) >= 11 is 5.62. The fourth-order valence-electron chi connectivity index (χ4n) is 1.71. The molecule has 0 aliphatic carbocycles. The average molecular weight is 259 g/mol. The highest BCUT2D eigenvalue weighted by molar-refractivity contribution is 6.32. The number of aromatic hydroxyl groups is 1. The Bertz CT molecular complexity index is 424. The molecule has 0 atom stereocenters. The average Bonchev–Trinajstić information content (AvgIpc) is 2.35. The van der Waals surface area contributed by atoms with Crippen LogP contribution in [-0.4, -0.2) is 29.1 Å². The number of phenolic OH excluding ortho intramolecular Hbond substituents is 1. The van der Waals surface area contributed by atoms with E-state index in [0.29, 0.717) is 6.54 Å². The van der Waals surface area contributed by atoms with Crippen LogP contribution in [0.1, 0.15) is 23.2 Å². The van der Waals surface area contributed by atoms with Gasteiger partial charge in [0.2, 0.25) is 0 Å². The molecule has 2 rings (SSSR count). The zero-order valence-corrected chi connectivity index (χ0v) is 9.80. The minimum Gasteiger partial charge on any atom is -0.504 e. The van der Waals surface area contributed by atoms with Crippen LogP contribution < -0.4 is 5.43 Å². The van der Waals surface area contributed by atoms with Gasteiger partial charge in [-0.05, 0) is 25.0 Å². The van der Waals surface area contributed by atoms with Crippen molar-refractivity contribution in [1.82, 2.24) is 10.4 Å². The van der Waals surface area contributed by atoms with Crippen molar-refractivity contribution in [1.29, 1.82) is 0 Å². The molecule has 1 aliphatic heterocycles. The maximum Gasteiger partial charge on any atom is 0.268 e.